The van der Waals surface area contributed by atoms with E-state index < -0.39 is 0 Å². The van der Waals surface area contributed by atoms with Crippen molar-refractivity contribution >= 4 is 34.7 Å². The summed E-state index contributed by atoms with van der Waals surface area (Å²) in [6.45, 7) is 4.79. The summed E-state index contributed by atoms with van der Waals surface area (Å²) in [6, 6.07) is 11.3. The number of likely N-dealkylation sites (tertiary alicyclic amines) is 1. The summed E-state index contributed by atoms with van der Waals surface area (Å²) in [5, 5.41) is 4.97. The van der Waals surface area contributed by atoms with E-state index in [4.69, 9.17) is 0 Å². The lowest BCUT2D eigenvalue weighted by atomic mass is 10.1. The number of aryl methyl sites for hydroxylation is 1. The first-order valence-corrected chi connectivity index (χ1v) is 13.2. The molecule has 0 bridgehead atoms. The van der Waals surface area contributed by atoms with Crippen LogP contribution in [0, 0.1) is 0 Å². The van der Waals surface area contributed by atoms with Crippen molar-refractivity contribution in [1.29, 1.82) is 0 Å². The van der Waals surface area contributed by atoms with Crippen LogP contribution in [0.4, 0.5) is 5.69 Å². The zero-order valence-electron chi connectivity index (χ0n) is 19.7. The van der Waals surface area contributed by atoms with Gasteiger partial charge < -0.3 is 15.1 Å². The highest BCUT2D eigenvalue weighted by atomic mass is 32.1. The Bertz CT molecular complexity index is 964. The summed E-state index contributed by atoms with van der Waals surface area (Å²) < 4.78 is 0. The van der Waals surface area contributed by atoms with Crippen molar-refractivity contribution in [3.63, 3.8) is 0 Å². The van der Waals surface area contributed by atoms with Gasteiger partial charge in [0.05, 0.1) is 6.54 Å². The maximum atomic E-state index is 13.0. The normalized spacial score (nSPS) is 16.9. The number of carbonyl (C=O) groups is 3. The van der Waals surface area contributed by atoms with E-state index in [2.05, 4.69) is 16.3 Å². The number of hydrogen-bond donors (Lipinski definition) is 1. The third-order valence-electron chi connectivity index (χ3n) is 6.53. The molecule has 0 radical (unpaired) electrons. The van der Waals surface area contributed by atoms with Gasteiger partial charge in [0.2, 0.25) is 11.8 Å². The fourth-order valence-corrected chi connectivity index (χ4v) is 5.31. The lowest BCUT2D eigenvalue weighted by Crippen LogP contribution is -2.52. The average Bonchev–Trinajstić information content (AvgIpc) is 3.38. The molecule has 2 aromatic rings. The smallest absolute Gasteiger partial charge is 0.254 e. The second-order valence-electron chi connectivity index (χ2n) is 9.07. The third kappa shape index (κ3) is 6.90. The summed E-state index contributed by atoms with van der Waals surface area (Å²) in [4.78, 5) is 45.1. The number of piperidine rings is 1. The van der Waals surface area contributed by atoms with Crippen LogP contribution in [0.15, 0.2) is 41.8 Å². The first-order chi connectivity index (χ1) is 16.6. The van der Waals surface area contributed by atoms with Gasteiger partial charge in [-0.05, 0) is 61.7 Å². The van der Waals surface area contributed by atoms with Gasteiger partial charge in [-0.3, -0.25) is 19.3 Å². The fourth-order valence-electron chi connectivity index (χ4n) is 4.56. The van der Waals surface area contributed by atoms with Crippen LogP contribution in [-0.4, -0.2) is 78.2 Å². The van der Waals surface area contributed by atoms with Crippen molar-refractivity contribution in [2.75, 3.05) is 51.1 Å². The van der Waals surface area contributed by atoms with Gasteiger partial charge in [0.15, 0.2) is 0 Å². The molecule has 0 aliphatic carbocycles. The highest BCUT2D eigenvalue weighted by Crippen LogP contribution is 2.17. The number of rotatable bonds is 8. The van der Waals surface area contributed by atoms with Crippen LogP contribution >= 0.6 is 11.3 Å². The second-order valence-corrected chi connectivity index (χ2v) is 10.1. The lowest BCUT2D eigenvalue weighted by Gasteiger charge is -2.36. The number of amides is 3. The maximum Gasteiger partial charge on any atom is 0.254 e. The van der Waals surface area contributed by atoms with Gasteiger partial charge in [-0.25, -0.2) is 0 Å². The highest BCUT2D eigenvalue weighted by Gasteiger charge is 2.25. The second kappa shape index (κ2) is 12.1. The molecule has 2 saturated heterocycles. The number of carbonyl (C=O) groups excluding carboxylic acids is 3. The Morgan fingerprint density at radius 2 is 1.68 bits per heavy atom. The number of nitrogens with one attached hydrogen (secondary N) is 1. The molecule has 34 heavy (non-hydrogen) atoms. The molecule has 4 rings (SSSR count). The van der Waals surface area contributed by atoms with Crippen LogP contribution < -0.4 is 5.32 Å². The van der Waals surface area contributed by atoms with Gasteiger partial charge in [-0.1, -0.05) is 12.1 Å². The van der Waals surface area contributed by atoms with E-state index >= 15 is 0 Å². The van der Waals surface area contributed by atoms with Crippen molar-refractivity contribution in [2.24, 2.45) is 0 Å². The van der Waals surface area contributed by atoms with Crippen molar-refractivity contribution in [2.45, 2.75) is 38.5 Å². The predicted molar refractivity (Wildman–Crippen MR) is 135 cm³/mol. The van der Waals surface area contributed by atoms with Crippen LogP contribution in [0.5, 0.6) is 0 Å². The molecular weight excluding hydrogens is 448 g/mol. The van der Waals surface area contributed by atoms with Gasteiger partial charge in [0, 0.05) is 61.8 Å². The third-order valence-corrected chi connectivity index (χ3v) is 7.46. The van der Waals surface area contributed by atoms with Crippen LogP contribution in [0.1, 0.15) is 47.3 Å². The maximum absolute atomic E-state index is 13.0. The van der Waals surface area contributed by atoms with E-state index in [1.807, 2.05) is 33.4 Å². The van der Waals surface area contributed by atoms with Crippen molar-refractivity contribution in [3.05, 3.63) is 52.2 Å². The molecular formula is C26H34N4O3S. The minimum Gasteiger partial charge on any atom is -0.342 e. The Hall–Kier alpha value is -2.71. The van der Waals surface area contributed by atoms with Gasteiger partial charge in [0.25, 0.3) is 5.91 Å². The lowest BCUT2D eigenvalue weighted by molar-refractivity contribution is -0.133. The molecule has 0 unspecified atom stereocenters. The zero-order chi connectivity index (χ0) is 23.8. The number of nitrogens with zero attached hydrogens (tertiary/aromatic N) is 3. The van der Waals surface area contributed by atoms with Gasteiger partial charge in [0.1, 0.15) is 0 Å². The molecule has 182 valence electrons. The number of benzene rings is 1. The first kappa shape index (κ1) is 24.4. The largest absolute Gasteiger partial charge is 0.342 e. The Kier molecular flexibility index (Phi) is 8.71. The predicted octanol–water partition coefficient (Wildman–Crippen LogP) is 3.48. The molecule has 2 aliphatic heterocycles. The van der Waals surface area contributed by atoms with Crippen LogP contribution in [0.25, 0.3) is 0 Å². The zero-order valence-corrected chi connectivity index (χ0v) is 20.5. The first-order valence-electron chi connectivity index (χ1n) is 12.3. The van der Waals surface area contributed by atoms with Gasteiger partial charge in [-0.15, -0.1) is 11.3 Å². The molecule has 1 aromatic heterocycles. The number of piperazine rings is 1. The average molecular weight is 483 g/mol. The molecule has 3 heterocycles. The summed E-state index contributed by atoms with van der Waals surface area (Å²) in [5.41, 5.74) is 1.23. The topological polar surface area (TPSA) is 73.0 Å². The molecule has 2 fully saturated rings. The Morgan fingerprint density at radius 1 is 0.882 bits per heavy atom. The SMILES string of the molecule is O=C(CCCc1cccs1)Nc1cccc(C(=O)N2CCN(CC(=O)N3CCCCC3)CC2)c1. The molecule has 1 N–H and O–H groups in total. The molecule has 0 atom stereocenters. The monoisotopic (exact) mass is 482 g/mol. The van der Waals surface area contributed by atoms with Crippen LogP contribution in [0.2, 0.25) is 0 Å². The standard InChI is InChI=1S/C26H34N4O3S/c31-24(11-5-9-23-10-6-18-34-23)27-22-8-4-7-21(19-22)26(33)30-16-14-28(15-17-30)20-25(32)29-12-2-1-3-13-29/h4,6-8,10,18-19H,1-3,5,9,11-17,20H2,(H,27,31). The summed E-state index contributed by atoms with van der Waals surface area (Å²) in [6.07, 6.45) is 5.57. The summed E-state index contributed by atoms with van der Waals surface area (Å²) in [5.74, 6) is 0.141. The summed E-state index contributed by atoms with van der Waals surface area (Å²) in [7, 11) is 0. The Balaban J connectivity index is 1.22. The van der Waals surface area contributed by atoms with E-state index in [0.29, 0.717) is 50.4 Å². The highest BCUT2D eigenvalue weighted by molar-refractivity contribution is 7.09. The minimum atomic E-state index is -0.0341. The van der Waals surface area contributed by atoms with Crippen LogP contribution in [-0.2, 0) is 16.0 Å². The molecule has 3 amide bonds. The van der Waals surface area contributed by atoms with Gasteiger partial charge in [-0.2, -0.15) is 0 Å². The van der Waals surface area contributed by atoms with E-state index in [1.54, 1.807) is 23.5 Å². The number of hydrogen-bond acceptors (Lipinski definition) is 5. The molecule has 2 aliphatic rings. The van der Waals surface area contributed by atoms with E-state index in [0.717, 1.165) is 38.8 Å². The minimum absolute atomic E-state index is 0.0317. The van der Waals surface area contributed by atoms with Crippen LogP contribution in [0.3, 0.4) is 0 Å². The van der Waals surface area contributed by atoms with Crippen molar-refractivity contribution < 1.29 is 14.4 Å². The molecule has 0 spiro atoms. The molecule has 0 saturated carbocycles. The van der Waals surface area contributed by atoms with Crippen molar-refractivity contribution in [3.8, 4) is 0 Å². The molecule has 7 nitrogen and oxygen atoms in total. The van der Waals surface area contributed by atoms with E-state index in [-0.39, 0.29) is 17.7 Å². The Morgan fingerprint density at radius 3 is 2.41 bits per heavy atom. The fraction of sp³-hybridized carbons (Fsp3) is 0.500. The molecule has 1 aromatic carbocycles. The van der Waals surface area contributed by atoms with E-state index in [1.165, 1.54) is 11.3 Å². The van der Waals surface area contributed by atoms with Gasteiger partial charge >= 0.3 is 0 Å². The molecule has 8 heteroatoms. The van der Waals surface area contributed by atoms with E-state index in [9.17, 15) is 14.4 Å². The Labute approximate surface area is 205 Å². The summed E-state index contributed by atoms with van der Waals surface area (Å²) >= 11 is 1.71. The quantitative estimate of drug-likeness (QED) is 0.625. The number of anilines is 1. The van der Waals surface area contributed by atoms with Crippen molar-refractivity contribution in [1.82, 2.24) is 14.7 Å². The number of thiophene rings is 1.